The highest BCUT2D eigenvalue weighted by Gasteiger charge is 2.31. The fourth-order valence-electron chi connectivity index (χ4n) is 1.70. The van der Waals surface area contributed by atoms with Gasteiger partial charge in [-0.2, -0.15) is 0 Å². The fraction of sp³-hybridized carbons (Fsp3) is 0.833. The van der Waals surface area contributed by atoms with Crippen LogP contribution in [0.15, 0.2) is 0 Å². The average molecular weight is 259 g/mol. The van der Waals surface area contributed by atoms with Crippen molar-refractivity contribution in [3.63, 3.8) is 0 Å². The molecule has 1 fully saturated rings. The van der Waals surface area contributed by atoms with Crippen molar-refractivity contribution in [2.24, 2.45) is 0 Å². The summed E-state index contributed by atoms with van der Waals surface area (Å²) in [4.78, 5) is 24.0. The molecule has 1 unspecified atom stereocenters. The predicted octanol–water partition coefficient (Wildman–Crippen LogP) is 1.83. The van der Waals surface area contributed by atoms with Gasteiger partial charge in [0.15, 0.2) is 0 Å². The maximum absolute atomic E-state index is 11.9. The molecule has 0 saturated carbocycles. The van der Waals surface area contributed by atoms with Crippen LogP contribution in [0.5, 0.6) is 0 Å². The molecular formula is C12H21NO5. The van der Waals surface area contributed by atoms with E-state index < -0.39 is 23.9 Å². The molecule has 6 nitrogen and oxygen atoms in total. The summed E-state index contributed by atoms with van der Waals surface area (Å²) in [7, 11) is 0. The van der Waals surface area contributed by atoms with Crippen LogP contribution in [-0.2, 0) is 14.3 Å². The molecule has 0 spiro atoms. The molecule has 104 valence electrons. The van der Waals surface area contributed by atoms with E-state index in [-0.39, 0.29) is 12.8 Å². The standard InChI is InChI=1S/C12H21NO5/c1-12(2,3)18-11(16)13-7-4-8-17-9(13)5-6-10(14)15/h9H,4-8H2,1-3H3,(H,14,15). The average Bonchev–Trinajstić information content (AvgIpc) is 2.24. The number of carbonyl (C=O) groups excluding carboxylic acids is 1. The Hall–Kier alpha value is -1.30. The third-order valence-corrected chi connectivity index (χ3v) is 2.43. The molecule has 0 bridgehead atoms. The Bertz CT molecular complexity index is 310. The minimum atomic E-state index is -0.895. The number of hydrogen-bond donors (Lipinski definition) is 1. The highest BCUT2D eigenvalue weighted by atomic mass is 16.6. The van der Waals surface area contributed by atoms with Gasteiger partial charge in [0.2, 0.25) is 0 Å². The molecule has 1 atom stereocenters. The molecule has 0 radical (unpaired) electrons. The van der Waals surface area contributed by atoms with Crippen LogP contribution >= 0.6 is 0 Å². The zero-order valence-electron chi connectivity index (χ0n) is 11.1. The molecule has 0 aromatic rings. The second-order valence-corrected chi connectivity index (χ2v) is 5.29. The van der Waals surface area contributed by atoms with Gasteiger partial charge in [0, 0.05) is 19.4 Å². The van der Waals surface area contributed by atoms with Crippen molar-refractivity contribution in [1.82, 2.24) is 4.90 Å². The number of aliphatic carboxylic acids is 1. The summed E-state index contributed by atoms with van der Waals surface area (Å²) in [6.07, 6.45) is 0.0590. The number of amides is 1. The van der Waals surface area contributed by atoms with Gasteiger partial charge in [-0.3, -0.25) is 9.69 Å². The Kier molecular flexibility index (Phi) is 4.95. The van der Waals surface area contributed by atoms with Gasteiger partial charge in [0.25, 0.3) is 0 Å². The molecule has 0 aromatic carbocycles. The van der Waals surface area contributed by atoms with E-state index in [2.05, 4.69) is 0 Å². The monoisotopic (exact) mass is 259 g/mol. The zero-order chi connectivity index (χ0) is 13.8. The van der Waals surface area contributed by atoms with Crippen LogP contribution in [0.25, 0.3) is 0 Å². The molecule has 1 aliphatic rings. The molecule has 0 aliphatic carbocycles. The van der Waals surface area contributed by atoms with Crippen molar-refractivity contribution in [3.8, 4) is 0 Å². The molecule has 1 N–H and O–H groups in total. The van der Waals surface area contributed by atoms with Crippen molar-refractivity contribution >= 4 is 12.1 Å². The van der Waals surface area contributed by atoms with Crippen LogP contribution in [0.4, 0.5) is 4.79 Å². The quantitative estimate of drug-likeness (QED) is 0.836. The van der Waals surface area contributed by atoms with Crippen molar-refractivity contribution in [1.29, 1.82) is 0 Å². The van der Waals surface area contributed by atoms with Crippen LogP contribution < -0.4 is 0 Å². The lowest BCUT2D eigenvalue weighted by molar-refractivity contribution is -0.140. The molecule has 1 rings (SSSR count). The second kappa shape index (κ2) is 6.04. The van der Waals surface area contributed by atoms with Gasteiger partial charge in [-0.25, -0.2) is 4.79 Å². The number of carbonyl (C=O) groups is 2. The molecule has 1 aliphatic heterocycles. The lowest BCUT2D eigenvalue weighted by atomic mass is 10.2. The first-order valence-corrected chi connectivity index (χ1v) is 6.12. The molecule has 6 heteroatoms. The van der Waals surface area contributed by atoms with Crippen molar-refractivity contribution in [3.05, 3.63) is 0 Å². The predicted molar refractivity (Wildman–Crippen MR) is 64.2 cm³/mol. The summed E-state index contributed by atoms with van der Waals surface area (Å²) in [6.45, 7) is 6.47. The van der Waals surface area contributed by atoms with Gasteiger partial charge < -0.3 is 14.6 Å². The van der Waals surface area contributed by atoms with E-state index in [0.29, 0.717) is 13.2 Å². The third-order valence-electron chi connectivity index (χ3n) is 2.43. The largest absolute Gasteiger partial charge is 0.481 e. The van der Waals surface area contributed by atoms with Gasteiger partial charge in [-0.1, -0.05) is 0 Å². The summed E-state index contributed by atoms with van der Waals surface area (Å²) in [6, 6.07) is 0. The first kappa shape index (κ1) is 14.8. The van der Waals surface area contributed by atoms with Crippen molar-refractivity contribution < 1.29 is 24.2 Å². The Balaban J connectivity index is 2.58. The van der Waals surface area contributed by atoms with Crippen molar-refractivity contribution in [2.75, 3.05) is 13.2 Å². The summed E-state index contributed by atoms with van der Waals surface area (Å²) in [5.41, 5.74) is -0.564. The molecular weight excluding hydrogens is 238 g/mol. The molecule has 1 amide bonds. The van der Waals surface area contributed by atoms with Crippen molar-refractivity contribution in [2.45, 2.75) is 51.9 Å². The van der Waals surface area contributed by atoms with Gasteiger partial charge in [0.1, 0.15) is 11.8 Å². The number of nitrogens with zero attached hydrogens (tertiary/aromatic N) is 1. The van der Waals surface area contributed by atoms with E-state index >= 15 is 0 Å². The van der Waals surface area contributed by atoms with E-state index in [4.69, 9.17) is 14.6 Å². The summed E-state index contributed by atoms with van der Waals surface area (Å²) in [5, 5.41) is 8.67. The highest BCUT2D eigenvalue weighted by Crippen LogP contribution is 2.19. The topological polar surface area (TPSA) is 76.1 Å². The Morgan fingerprint density at radius 1 is 1.44 bits per heavy atom. The molecule has 18 heavy (non-hydrogen) atoms. The number of rotatable bonds is 3. The fourth-order valence-corrected chi connectivity index (χ4v) is 1.70. The summed E-state index contributed by atoms with van der Waals surface area (Å²) in [5.74, 6) is -0.895. The minimum Gasteiger partial charge on any atom is -0.481 e. The van der Waals surface area contributed by atoms with E-state index in [1.807, 2.05) is 0 Å². The van der Waals surface area contributed by atoms with E-state index in [0.717, 1.165) is 6.42 Å². The van der Waals surface area contributed by atoms with Crippen LogP contribution in [0.1, 0.15) is 40.0 Å². The van der Waals surface area contributed by atoms with Gasteiger partial charge in [-0.05, 0) is 27.2 Å². The van der Waals surface area contributed by atoms with Crippen LogP contribution in [0, 0.1) is 0 Å². The van der Waals surface area contributed by atoms with E-state index in [9.17, 15) is 9.59 Å². The minimum absolute atomic E-state index is 0.0238. The lowest BCUT2D eigenvalue weighted by Gasteiger charge is -2.36. The van der Waals surface area contributed by atoms with E-state index in [1.54, 1.807) is 20.8 Å². The lowest BCUT2D eigenvalue weighted by Crippen LogP contribution is -2.48. The maximum Gasteiger partial charge on any atom is 0.412 e. The van der Waals surface area contributed by atoms with Gasteiger partial charge >= 0.3 is 12.1 Å². The maximum atomic E-state index is 11.9. The molecule has 0 aromatic heterocycles. The second-order valence-electron chi connectivity index (χ2n) is 5.29. The first-order chi connectivity index (χ1) is 8.29. The number of carboxylic acid groups (broad SMARTS) is 1. The number of carboxylic acids is 1. The summed E-state index contributed by atoms with van der Waals surface area (Å²) >= 11 is 0. The number of ether oxygens (including phenoxy) is 2. The Morgan fingerprint density at radius 2 is 2.11 bits per heavy atom. The normalized spacial score (nSPS) is 20.6. The highest BCUT2D eigenvalue weighted by molar-refractivity contribution is 5.69. The van der Waals surface area contributed by atoms with Crippen LogP contribution in [0.3, 0.4) is 0 Å². The Morgan fingerprint density at radius 3 is 2.67 bits per heavy atom. The van der Waals surface area contributed by atoms with E-state index in [1.165, 1.54) is 4.90 Å². The molecule has 1 heterocycles. The first-order valence-electron chi connectivity index (χ1n) is 6.12. The van der Waals surface area contributed by atoms with Crippen LogP contribution in [0.2, 0.25) is 0 Å². The summed E-state index contributed by atoms with van der Waals surface area (Å²) < 4.78 is 10.7. The molecule has 1 saturated heterocycles. The SMILES string of the molecule is CC(C)(C)OC(=O)N1CCCOC1CCC(=O)O. The van der Waals surface area contributed by atoms with Gasteiger partial charge in [0.05, 0.1) is 6.61 Å². The van der Waals surface area contributed by atoms with Gasteiger partial charge in [-0.15, -0.1) is 0 Å². The zero-order valence-corrected chi connectivity index (χ0v) is 11.1. The van der Waals surface area contributed by atoms with Crippen LogP contribution in [-0.4, -0.2) is 47.0 Å². The third kappa shape index (κ3) is 4.91. The smallest absolute Gasteiger partial charge is 0.412 e. The Labute approximate surface area is 107 Å². The number of hydrogen-bond acceptors (Lipinski definition) is 4.